The number of aromatic nitrogens is 1. The summed E-state index contributed by atoms with van der Waals surface area (Å²) in [5.74, 6) is -1.72. The van der Waals surface area contributed by atoms with Gasteiger partial charge in [-0.1, -0.05) is 0 Å². The van der Waals surface area contributed by atoms with Crippen molar-refractivity contribution < 1.29 is 19.0 Å². The summed E-state index contributed by atoms with van der Waals surface area (Å²) in [5, 5.41) is 8.46. The maximum absolute atomic E-state index is 12.9. The molecule has 0 aliphatic rings. The second kappa shape index (κ2) is 3.84. The Morgan fingerprint density at radius 1 is 1.77 bits per heavy atom. The SMILES string of the molecule is COc1ccnc(F)c1CC(=O)O. The van der Waals surface area contributed by atoms with Crippen LogP contribution in [0, 0.1) is 5.95 Å². The van der Waals surface area contributed by atoms with E-state index in [1.165, 1.54) is 19.4 Å². The lowest BCUT2D eigenvalue weighted by Gasteiger charge is -2.05. The fourth-order valence-corrected chi connectivity index (χ4v) is 0.953. The molecule has 0 saturated carbocycles. The lowest BCUT2D eigenvalue weighted by Crippen LogP contribution is -2.05. The van der Waals surface area contributed by atoms with Crippen molar-refractivity contribution in [2.75, 3.05) is 7.11 Å². The number of methoxy groups -OCH3 is 1. The first-order chi connectivity index (χ1) is 6.15. The fraction of sp³-hybridized carbons (Fsp3) is 0.250. The molecule has 0 aliphatic carbocycles. The summed E-state index contributed by atoms with van der Waals surface area (Å²) in [6.45, 7) is 0. The monoisotopic (exact) mass is 185 g/mol. The Labute approximate surface area is 74.0 Å². The Kier molecular flexibility index (Phi) is 2.79. The predicted molar refractivity (Wildman–Crippen MR) is 42.1 cm³/mol. The molecular formula is C8H8FNO3. The maximum atomic E-state index is 12.9. The minimum absolute atomic E-state index is 0.0301. The van der Waals surface area contributed by atoms with Gasteiger partial charge in [-0.15, -0.1) is 0 Å². The molecule has 0 bridgehead atoms. The summed E-state index contributed by atoms with van der Waals surface area (Å²) in [7, 11) is 1.35. The van der Waals surface area contributed by atoms with Crippen molar-refractivity contribution in [1.29, 1.82) is 0 Å². The number of hydrogen-bond donors (Lipinski definition) is 1. The molecule has 0 saturated heterocycles. The Morgan fingerprint density at radius 3 is 3.00 bits per heavy atom. The highest BCUT2D eigenvalue weighted by Gasteiger charge is 2.13. The molecule has 1 rings (SSSR count). The lowest BCUT2D eigenvalue weighted by atomic mass is 10.2. The molecule has 4 nitrogen and oxygen atoms in total. The average molecular weight is 185 g/mol. The summed E-state index contributed by atoms with van der Waals surface area (Å²) < 4.78 is 17.7. The number of ether oxygens (including phenoxy) is 1. The lowest BCUT2D eigenvalue weighted by molar-refractivity contribution is -0.136. The summed E-state index contributed by atoms with van der Waals surface area (Å²) >= 11 is 0. The number of halogens is 1. The normalized spacial score (nSPS) is 9.69. The van der Waals surface area contributed by atoms with E-state index in [-0.39, 0.29) is 11.3 Å². The first-order valence-corrected chi connectivity index (χ1v) is 3.54. The van der Waals surface area contributed by atoms with Crippen LogP contribution >= 0.6 is 0 Å². The molecule has 1 heterocycles. The van der Waals surface area contributed by atoms with Crippen LogP contribution in [0.3, 0.4) is 0 Å². The number of hydrogen-bond acceptors (Lipinski definition) is 3. The van der Waals surface area contributed by atoms with E-state index in [0.29, 0.717) is 0 Å². The molecule has 0 unspecified atom stereocenters. The number of carbonyl (C=O) groups is 1. The number of nitrogens with zero attached hydrogens (tertiary/aromatic N) is 1. The number of pyridine rings is 1. The van der Waals surface area contributed by atoms with Gasteiger partial charge < -0.3 is 9.84 Å². The first-order valence-electron chi connectivity index (χ1n) is 3.54. The van der Waals surface area contributed by atoms with Gasteiger partial charge in [0.1, 0.15) is 5.75 Å². The Bertz CT molecular complexity index is 327. The van der Waals surface area contributed by atoms with Crippen LogP contribution in [-0.4, -0.2) is 23.2 Å². The van der Waals surface area contributed by atoms with E-state index in [4.69, 9.17) is 9.84 Å². The fourth-order valence-electron chi connectivity index (χ4n) is 0.953. The Morgan fingerprint density at radius 2 is 2.46 bits per heavy atom. The molecule has 0 fully saturated rings. The van der Waals surface area contributed by atoms with Crippen molar-refractivity contribution >= 4 is 5.97 Å². The smallest absolute Gasteiger partial charge is 0.308 e. The van der Waals surface area contributed by atoms with E-state index in [0.717, 1.165) is 0 Å². The van der Waals surface area contributed by atoms with Gasteiger partial charge in [-0.05, 0) is 6.07 Å². The van der Waals surface area contributed by atoms with E-state index in [1.54, 1.807) is 0 Å². The Balaban J connectivity index is 3.07. The highest BCUT2D eigenvalue weighted by molar-refractivity contribution is 5.71. The zero-order chi connectivity index (χ0) is 9.84. The predicted octanol–water partition coefficient (Wildman–Crippen LogP) is 0.856. The molecule has 0 aromatic carbocycles. The van der Waals surface area contributed by atoms with Crippen molar-refractivity contribution in [1.82, 2.24) is 4.98 Å². The minimum Gasteiger partial charge on any atom is -0.496 e. The third-order valence-electron chi connectivity index (χ3n) is 1.51. The molecule has 1 aromatic heterocycles. The van der Waals surface area contributed by atoms with Gasteiger partial charge in [-0.3, -0.25) is 4.79 Å². The molecule has 5 heteroatoms. The van der Waals surface area contributed by atoms with Crippen LogP contribution in [0.25, 0.3) is 0 Å². The zero-order valence-corrected chi connectivity index (χ0v) is 6.95. The van der Waals surface area contributed by atoms with Gasteiger partial charge >= 0.3 is 5.97 Å². The quantitative estimate of drug-likeness (QED) is 0.709. The average Bonchev–Trinajstić information content (AvgIpc) is 2.08. The number of rotatable bonds is 3. The minimum atomic E-state index is -1.12. The van der Waals surface area contributed by atoms with E-state index < -0.39 is 18.3 Å². The summed E-state index contributed by atoms with van der Waals surface area (Å²) in [6, 6.07) is 1.42. The van der Waals surface area contributed by atoms with E-state index in [9.17, 15) is 9.18 Å². The van der Waals surface area contributed by atoms with Gasteiger partial charge in [-0.2, -0.15) is 4.39 Å². The molecule has 1 N–H and O–H groups in total. The highest BCUT2D eigenvalue weighted by atomic mass is 19.1. The van der Waals surface area contributed by atoms with Gasteiger partial charge in [0.2, 0.25) is 5.95 Å². The topological polar surface area (TPSA) is 59.4 Å². The molecule has 1 aromatic rings. The summed E-state index contributed by atoms with van der Waals surface area (Å²) in [5.41, 5.74) is -0.0301. The molecule has 0 amide bonds. The van der Waals surface area contributed by atoms with Gasteiger partial charge in [0, 0.05) is 6.20 Å². The van der Waals surface area contributed by atoms with Gasteiger partial charge in [0.05, 0.1) is 19.1 Å². The summed E-state index contributed by atoms with van der Waals surface area (Å²) in [6.07, 6.45) is 0.794. The zero-order valence-electron chi connectivity index (χ0n) is 6.95. The highest BCUT2D eigenvalue weighted by Crippen LogP contribution is 2.19. The molecule has 70 valence electrons. The molecule has 0 spiro atoms. The van der Waals surface area contributed by atoms with Crippen LogP contribution < -0.4 is 4.74 Å². The number of carboxylic acid groups (broad SMARTS) is 1. The van der Waals surface area contributed by atoms with E-state index in [1.807, 2.05) is 0 Å². The van der Waals surface area contributed by atoms with Crippen molar-refractivity contribution in [3.63, 3.8) is 0 Å². The molecule has 0 radical (unpaired) electrons. The van der Waals surface area contributed by atoms with Crippen molar-refractivity contribution in [2.24, 2.45) is 0 Å². The van der Waals surface area contributed by atoms with E-state index >= 15 is 0 Å². The molecule has 0 atom stereocenters. The molecule has 13 heavy (non-hydrogen) atoms. The van der Waals surface area contributed by atoms with Crippen LogP contribution in [0.15, 0.2) is 12.3 Å². The third-order valence-corrected chi connectivity index (χ3v) is 1.51. The first kappa shape index (κ1) is 9.44. The second-order valence-electron chi connectivity index (χ2n) is 2.35. The van der Waals surface area contributed by atoms with Crippen LogP contribution in [0.4, 0.5) is 4.39 Å². The van der Waals surface area contributed by atoms with E-state index in [2.05, 4.69) is 4.98 Å². The maximum Gasteiger partial charge on any atom is 0.308 e. The van der Waals surface area contributed by atoms with Gasteiger partial charge in [-0.25, -0.2) is 4.98 Å². The largest absolute Gasteiger partial charge is 0.496 e. The van der Waals surface area contributed by atoms with Crippen molar-refractivity contribution in [3.05, 3.63) is 23.8 Å². The Hall–Kier alpha value is -1.65. The van der Waals surface area contributed by atoms with Gasteiger partial charge in [0.15, 0.2) is 0 Å². The van der Waals surface area contributed by atoms with Gasteiger partial charge in [0.25, 0.3) is 0 Å². The van der Waals surface area contributed by atoms with Crippen LogP contribution in [-0.2, 0) is 11.2 Å². The second-order valence-corrected chi connectivity index (χ2v) is 2.35. The number of aliphatic carboxylic acids is 1. The van der Waals surface area contributed by atoms with Crippen LogP contribution in [0.2, 0.25) is 0 Å². The summed E-state index contributed by atoms with van der Waals surface area (Å²) in [4.78, 5) is 13.7. The van der Waals surface area contributed by atoms with Crippen LogP contribution in [0.1, 0.15) is 5.56 Å². The molecule has 0 aliphatic heterocycles. The van der Waals surface area contributed by atoms with Crippen LogP contribution in [0.5, 0.6) is 5.75 Å². The number of carboxylic acids is 1. The van der Waals surface area contributed by atoms with Crippen molar-refractivity contribution in [3.8, 4) is 5.75 Å². The van der Waals surface area contributed by atoms with Crippen molar-refractivity contribution in [2.45, 2.75) is 6.42 Å². The third kappa shape index (κ3) is 2.14. The molecular weight excluding hydrogens is 177 g/mol. The standard InChI is InChI=1S/C8H8FNO3/c1-13-6-2-3-10-8(9)5(6)4-7(11)12/h2-3H,4H2,1H3,(H,11,12).